The van der Waals surface area contributed by atoms with Crippen molar-refractivity contribution in [3.63, 3.8) is 0 Å². The van der Waals surface area contributed by atoms with Gasteiger partial charge >= 0.3 is 0 Å². The topological polar surface area (TPSA) is 0 Å². The Kier molecular flexibility index (Phi) is 12.8. The molecule has 0 nitrogen and oxygen atoms in total. The molecule has 436 valence electrons. The highest BCUT2D eigenvalue weighted by atomic mass is 32.1. The molecule has 0 N–H and O–H groups in total. The van der Waals surface area contributed by atoms with E-state index >= 15 is 0 Å². The lowest BCUT2D eigenvalue weighted by molar-refractivity contribution is 1.59. The summed E-state index contributed by atoms with van der Waals surface area (Å²) in [5, 5.41) is 17.7. The van der Waals surface area contributed by atoms with E-state index in [0.29, 0.717) is 0 Å². The van der Waals surface area contributed by atoms with Crippen molar-refractivity contribution in [1.29, 1.82) is 0 Å². The minimum Gasteiger partial charge on any atom is -0.135 e. The number of hydrogen-bond donors (Lipinski definition) is 0. The average molecular weight is 1230 g/mol. The quantitative estimate of drug-likeness (QED) is 0.126. The first kappa shape index (κ1) is 54.2. The van der Waals surface area contributed by atoms with Crippen molar-refractivity contribution in [1.82, 2.24) is 0 Å². The molecule has 0 saturated heterocycles. The molecule has 2 aromatic heterocycles. The minimum atomic E-state index is 1.18. The molecule has 0 aliphatic rings. The maximum absolute atomic E-state index is 2.47. The Labute approximate surface area is 552 Å². The van der Waals surface area contributed by atoms with Crippen LogP contribution in [-0.4, -0.2) is 0 Å². The molecule has 2 heterocycles. The Morgan fingerprint density at radius 1 is 0.138 bits per heavy atom. The zero-order valence-electron chi connectivity index (χ0n) is 51.1. The van der Waals surface area contributed by atoms with E-state index in [0.717, 1.165) is 0 Å². The Bertz CT molecular complexity index is 6230. The van der Waals surface area contributed by atoms with Gasteiger partial charge in [-0.05, 0) is 190 Å². The van der Waals surface area contributed by atoms with Crippen LogP contribution in [-0.2, 0) is 0 Å². The smallest absolute Gasteiger partial charge is 0.0361 e. The molecule has 19 rings (SSSR count). The monoisotopic (exact) mass is 1220 g/mol. The highest BCUT2D eigenvalue weighted by molar-refractivity contribution is 7.26. The van der Waals surface area contributed by atoms with E-state index in [1.165, 1.54) is 194 Å². The molecular weight excluding hydrogens is 1170 g/mol. The normalized spacial score (nSPS) is 11.8. The lowest BCUT2D eigenvalue weighted by atomic mass is 9.83. The molecule has 17 aromatic carbocycles. The van der Waals surface area contributed by atoms with E-state index in [9.17, 15) is 0 Å². The third-order valence-electron chi connectivity index (χ3n) is 19.7. The van der Waals surface area contributed by atoms with Gasteiger partial charge in [0.1, 0.15) is 0 Å². The van der Waals surface area contributed by atoms with Crippen LogP contribution in [0.3, 0.4) is 0 Å². The second kappa shape index (κ2) is 22.1. The molecule has 0 aliphatic carbocycles. The molecule has 0 atom stereocenters. The predicted octanol–water partition coefficient (Wildman–Crippen LogP) is 27.2. The number of fused-ring (bicyclic) bond motifs is 11. The van der Waals surface area contributed by atoms with Crippen LogP contribution in [0.2, 0.25) is 0 Å². The average Bonchev–Trinajstić information content (AvgIpc) is 0.846. The van der Waals surface area contributed by atoms with E-state index < -0.39 is 0 Å². The van der Waals surface area contributed by atoms with E-state index in [2.05, 4.69) is 340 Å². The van der Waals surface area contributed by atoms with Crippen LogP contribution in [0.4, 0.5) is 0 Å². The molecule has 19 aromatic rings. The second-order valence-electron chi connectivity index (χ2n) is 24.8. The fourth-order valence-electron chi connectivity index (χ4n) is 15.5. The predicted molar refractivity (Wildman–Crippen MR) is 409 cm³/mol. The van der Waals surface area contributed by atoms with Gasteiger partial charge < -0.3 is 0 Å². The third-order valence-corrected chi connectivity index (χ3v) is 22.0. The van der Waals surface area contributed by atoms with Crippen molar-refractivity contribution >= 4 is 117 Å². The van der Waals surface area contributed by atoms with Crippen LogP contribution in [0.25, 0.3) is 194 Å². The van der Waals surface area contributed by atoms with Crippen LogP contribution in [0.15, 0.2) is 340 Å². The van der Waals surface area contributed by atoms with Crippen LogP contribution in [0.5, 0.6) is 0 Å². The van der Waals surface area contributed by atoms with Crippen molar-refractivity contribution in [3.8, 4) is 100 Å². The van der Waals surface area contributed by atoms with Crippen molar-refractivity contribution < 1.29 is 0 Å². The van der Waals surface area contributed by atoms with E-state index in [-0.39, 0.29) is 0 Å². The van der Waals surface area contributed by atoms with Gasteiger partial charge in [0.15, 0.2) is 0 Å². The molecule has 0 amide bonds. The molecule has 2 heteroatoms. The Hall–Kier alpha value is -11.5. The molecular formula is C92H56S2. The number of rotatable bonds is 9. The summed E-state index contributed by atoms with van der Waals surface area (Å²) >= 11 is 3.75. The van der Waals surface area contributed by atoms with Gasteiger partial charge in [-0.25, -0.2) is 0 Å². The molecule has 0 aliphatic heterocycles. The highest BCUT2D eigenvalue weighted by Gasteiger charge is 2.23. The van der Waals surface area contributed by atoms with Gasteiger partial charge in [-0.1, -0.05) is 303 Å². The first-order chi connectivity index (χ1) is 46.6. The summed E-state index contributed by atoms with van der Waals surface area (Å²) in [5.74, 6) is 0. The lowest BCUT2D eigenvalue weighted by Gasteiger charge is -2.20. The first-order valence-corrected chi connectivity index (χ1v) is 34.0. The largest absolute Gasteiger partial charge is 0.135 e. The van der Waals surface area contributed by atoms with Gasteiger partial charge in [0, 0.05) is 40.3 Å². The number of benzene rings is 17. The minimum absolute atomic E-state index is 1.18. The molecule has 0 radical (unpaired) electrons. The fraction of sp³-hybridized carbons (Fsp3) is 0. The second-order valence-corrected chi connectivity index (χ2v) is 27.0. The molecule has 0 bridgehead atoms. The number of thiophene rings is 2. The standard InChI is InChI=1S/C92H56S2/c1-3-19-57(20-4-1)58-39-45-63(46-40-58)87-72-25-9-10-26-73(72)89(81-55-65(49-51-77(81)87)68-31-17-35-85-91(68)79-29-13-15-33-83(79)93-85)64-47-41-60(42-48-64)59-37-43-61(44-38-59)67-53-54-76(71-24-8-7-23-70(67)71)90-75-28-12-11-27-74(75)88(62-21-5-2-6-22-62)82-56-66(50-52-78(82)90)69-32-18-36-86-92(69)80-30-14-16-34-84(80)94-86/h1-56H. The van der Waals surface area contributed by atoms with Crippen molar-refractivity contribution in [2.24, 2.45) is 0 Å². The summed E-state index contributed by atoms with van der Waals surface area (Å²) in [6, 6.07) is 127. The fourth-order valence-corrected chi connectivity index (χ4v) is 17.7. The zero-order valence-corrected chi connectivity index (χ0v) is 52.8. The van der Waals surface area contributed by atoms with Crippen LogP contribution in [0, 0.1) is 0 Å². The number of hydrogen-bond acceptors (Lipinski definition) is 2. The molecule has 0 unspecified atom stereocenters. The van der Waals surface area contributed by atoms with E-state index in [1.54, 1.807) is 0 Å². The summed E-state index contributed by atoms with van der Waals surface area (Å²) in [7, 11) is 0. The summed E-state index contributed by atoms with van der Waals surface area (Å²) < 4.78 is 5.25. The van der Waals surface area contributed by atoms with Crippen molar-refractivity contribution in [2.45, 2.75) is 0 Å². The van der Waals surface area contributed by atoms with Crippen molar-refractivity contribution in [3.05, 3.63) is 340 Å². The van der Waals surface area contributed by atoms with Crippen LogP contribution in [0.1, 0.15) is 0 Å². The Morgan fingerprint density at radius 3 is 0.915 bits per heavy atom. The first-order valence-electron chi connectivity index (χ1n) is 32.4. The van der Waals surface area contributed by atoms with Gasteiger partial charge in [0.25, 0.3) is 0 Å². The summed E-state index contributed by atoms with van der Waals surface area (Å²) in [6.07, 6.45) is 0. The van der Waals surface area contributed by atoms with Crippen molar-refractivity contribution in [2.75, 3.05) is 0 Å². The molecule has 0 spiro atoms. The van der Waals surface area contributed by atoms with Gasteiger partial charge in [0.05, 0.1) is 0 Å². The summed E-state index contributed by atoms with van der Waals surface area (Å²) in [4.78, 5) is 0. The maximum Gasteiger partial charge on any atom is 0.0361 e. The van der Waals surface area contributed by atoms with Gasteiger partial charge in [-0.3, -0.25) is 0 Å². The highest BCUT2D eigenvalue weighted by Crippen LogP contribution is 2.51. The van der Waals surface area contributed by atoms with E-state index in [4.69, 9.17) is 0 Å². The van der Waals surface area contributed by atoms with Gasteiger partial charge in [-0.15, -0.1) is 22.7 Å². The summed E-state index contributed by atoms with van der Waals surface area (Å²) in [5.41, 5.74) is 22.0. The van der Waals surface area contributed by atoms with Crippen LogP contribution < -0.4 is 0 Å². The third kappa shape index (κ3) is 8.79. The zero-order chi connectivity index (χ0) is 61.8. The Balaban J connectivity index is 0.716. The lowest BCUT2D eigenvalue weighted by Crippen LogP contribution is -1.93. The SMILES string of the molecule is c1ccc(-c2ccc(-c3c4ccccc4c(-c4ccc(-c5ccc(-c6ccc(-c7c8ccccc8c(-c8ccccc8)c8cc(-c9cccc%10sc%11ccccc%11c9%10)ccc78)c7ccccc67)cc5)cc4)c4cc(-c5cccc6sc7ccccc7c56)ccc34)cc2)cc1. The van der Waals surface area contributed by atoms with Gasteiger partial charge in [-0.2, -0.15) is 0 Å². The summed E-state index contributed by atoms with van der Waals surface area (Å²) in [6.45, 7) is 0. The maximum atomic E-state index is 2.47. The molecule has 94 heavy (non-hydrogen) atoms. The van der Waals surface area contributed by atoms with E-state index in [1.807, 2.05) is 22.7 Å². The molecule has 0 saturated carbocycles. The van der Waals surface area contributed by atoms with Gasteiger partial charge in [0.2, 0.25) is 0 Å². The molecule has 0 fully saturated rings. The Morgan fingerprint density at radius 2 is 0.436 bits per heavy atom. The van der Waals surface area contributed by atoms with Crippen LogP contribution >= 0.6 is 22.7 Å².